The number of imidazole rings is 1. The molecule has 0 aliphatic heterocycles. The second-order valence-corrected chi connectivity index (χ2v) is 6.97. The number of nitrogens with one attached hydrogen (secondary N) is 1. The van der Waals surface area contributed by atoms with E-state index in [4.69, 9.17) is 4.42 Å². The number of H-pyrrole nitrogens is 1. The van der Waals surface area contributed by atoms with E-state index in [9.17, 15) is 4.79 Å². The molecule has 7 heteroatoms. The molecule has 1 N–H and O–H groups in total. The lowest BCUT2D eigenvalue weighted by atomic mass is 10.2. The van der Waals surface area contributed by atoms with Crippen molar-refractivity contribution in [3.8, 4) is 0 Å². The molecule has 26 heavy (non-hydrogen) atoms. The highest BCUT2D eigenvalue weighted by Gasteiger charge is 2.09. The summed E-state index contributed by atoms with van der Waals surface area (Å²) in [5.74, 6) is 1.42. The lowest BCUT2D eigenvalue weighted by Crippen LogP contribution is -2.17. The average Bonchev–Trinajstić information content (AvgIpc) is 3.23. The molecular weight excluding hydrogens is 348 g/mol. The van der Waals surface area contributed by atoms with Crippen molar-refractivity contribution in [2.24, 2.45) is 0 Å². The second-order valence-electron chi connectivity index (χ2n) is 5.93. The third-order valence-corrected chi connectivity index (χ3v) is 4.98. The number of aromatic amines is 1. The number of aryl methyl sites for hydroxylation is 1. The summed E-state index contributed by atoms with van der Waals surface area (Å²) in [5.41, 5.74) is 2.88. The van der Waals surface area contributed by atoms with Crippen LogP contribution in [0.15, 0.2) is 69.0 Å². The highest BCUT2D eigenvalue weighted by atomic mass is 32.2. The SMILES string of the molecule is O=c1[nH]c2ccccc2n1CCCSc1nnc(Cc2ccccc2)o1. The van der Waals surface area contributed by atoms with E-state index < -0.39 is 0 Å². The number of aromatic nitrogens is 4. The number of hydrogen-bond donors (Lipinski definition) is 1. The van der Waals surface area contributed by atoms with Crippen LogP contribution in [-0.4, -0.2) is 25.5 Å². The average molecular weight is 366 g/mol. The van der Waals surface area contributed by atoms with E-state index in [-0.39, 0.29) is 5.69 Å². The van der Waals surface area contributed by atoms with E-state index in [1.807, 2.05) is 54.6 Å². The minimum Gasteiger partial charge on any atom is -0.416 e. The van der Waals surface area contributed by atoms with Crippen LogP contribution in [0.5, 0.6) is 0 Å². The Labute approximate surface area is 154 Å². The molecule has 0 bridgehead atoms. The third kappa shape index (κ3) is 3.72. The number of hydrogen-bond acceptors (Lipinski definition) is 5. The zero-order chi connectivity index (χ0) is 17.8. The van der Waals surface area contributed by atoms with Gasteiger partial charge in [-0.2, -0.15) is 0 Å². The van der Waals surface area contributed by atoms with Crippen LogP contribution < -0.4 is 5.69 Å². The van der Waals surface area contributed by atoms with Crippen molar-refractivity contribution < 1.29 is 4.42 Å². The minimum absolute atomic E-state index is 0.0702. The normalized spacial score (nSPS) is 11.2. The highest BCUT2D eigenvalue weighted by molar-refractivity contribution is 7.99. The predicted molar refractivity (Wildman–Crippen MR) is 101 cm³/mol. The number of nitrogens with zero attached hydrogens (tertiary/aromatic N) is 3. The first-order valence-corrected chi connectivity index (χ1v) is 9.45. The number of benzene rings is 2. The van der Waals surface area contributed by atoms with Crippen LogP contribution >= 0.6 is 11.8 Å². The third-order valence-electron chi connectivity index (χ3n) is 4.08. The summed E-state index contributed by atoms with van der Waals surface area (Å²) in [7, 11) is 0. The lowest BCUT2D eigenvalue weighted by molar-refractivity contribution is 0.420. The second kappa shape index (κ2) is 7.61. The van der Waals surface area contributed by atoms with Gasteiger partial charge >= 0.3 is 5.69 Å². The Morgan fingerprint density at radius 2 is 1.85 bits per heavy atom. The zero-order valence-electron chi connectivity index (χ0n) is 14.1. The highest BCUT2D eigenvalue weighted by Crippen LogP contribution is 2.19. The number of thioether (sulfide) groups is 1. The van der Waals surface area contributed by atoms with Gasteiger partial charge < -0.3 is 9.40 Å². The molecule has 0 aliphatic carbocycles. The number of fused-ring (bicyclic) bond motifs is 1. The van der Waals surface area contributed by atoms with Gasteiger partial charge in [0.2, 0.25) is 5.89 Å². The van der Waals surface area contributed by atoms with Gasteiger partial charge in [-0.1, -0.05) is 54.2 Å². The molecule has 0 radical (unpaired) electrons. The van der Waals surface area contributed by atoms with E-state index in [0.717, 1.165) is 28.8 Å². The van der Waals surface area contributed by atoms with Gasteiger partial charge in [-0.25, -0.2) is 4.79 Å². The van der Waals surface area contributed by atoms with Crippen molar-refractivity contribution in [2.75, 3.05) is 5.75 Å². The zero-order valence-corrected chi connectivity index (χ0v) is 14.9. The van der Waals surface area contributed by atoms with E-state index in [2.05, 4.69) is 15.2 Å². The Morgan fingerprint density at radius 1 is 1.04 bits per heavy atom. The quantitative estimate of drug-likeness (QED) is 0.400. The summed E-state index contributed by atoms with van der Waals surface area (Å²) in [6, 6.07) is 17.8. The van der Waals surface area contributed by atoms with Crippen LogP contribution in [0, 0.1) is 0 Å². The van der Waals surface area contributed by atoms with Crippen molar-refractivity contribution in [2.45, 2.75) is 24.6 Å². The molecular formula is C19H18N4O2S. The van der Waals surface area contributed by atoms with Crippen molar-refractivity contribution >= 4 is 22.8 Å². The van der Waals surface area contributed by atoms with Crippen LogP contribution in [0.2, 0.25) is 0 Å². The molecule has 2 aromatic carbocycles. The Balaban J connectivity index is 1.31. The maximum atomic E-state index is 12.0. The molecule has 0 amide bonds. The molecule has 0 saturated carbocycles. The largest absolute Gasteiger partial charge is 0.416 e. The Kier molecular flexibility index (Phi) is 4.88. The Bertz CT molecular complexity index is 1050. The Hall–Kier alpha value is -2.80. The van der Waals surface area contributed by atoms with E-state index in [1.165, 1.54) is 11.8 Å². The van der Waals surface area contributed by atoms with Crippen LogP contribution in [-0.2, 0) is 13.0 Å². The fraction of sp³-hybridized carbons (Fsp3) is 0.211. The molecule has 2 heterocycles. The monoisotopic (exact) mass is 366 g/mol. The molecule has 0 aliphatic rings. The van der Waals surface area contributed by atoms with Gasteiger partial charge in [0.05, 0.1) is 17.5 Å². The smallest absolute Gasteiger partial charge is 0.326 e. The van der Waals surface area contributed by atoms with Gasteiger partial charge in [0.1, 0.15) is 0 Å². The first-order chi connectivity index (χ1) is 12.8. The molecule has 4 aromatic rings. The topological polar surface area (TPSA) is 76.7 Å². The summed E-state index contributed by atoms with van der Waals surface area (Å²) in [6.07, 6.45) is 1.47. The first kappa shape index (κ1) is 16.7. The summed E-state index contributed by atoms with van der Waals surface area (Å²) in [4.78, 5) is 14.9. The Morgan fingerprint density at radius 3 is 2.73 bits per heavy atom. The van der Waals surface area contributed by atoms with E-state index >= 15 is 0 Å². The van der Waals surface area contributed by atoms with E-state index in [0.29, 0.717) is 24.1 Å². The number of para-hydroxylation sites is 2. The molecule has 4 rings (SSSR count). The maximum Gasteiger partial charge on any atom is 0.326 e. The molecule has 0 fully saturated rings. The van der Waals surface area contributed by atoms with Gasteiger partial charge in [-0.05, 0) is 24.1 Å². The van der Waals surface area contributed by atoms with Gasteiger partial charge in [0.25, 0.3) is 5.22 Å². The van der Waals surface area contributed by atoms with Crippen LogP contribution in [0.4, 0.5) is 0 Å². The molecule has 0 saturated heterocycles. The van der Waals surface area contributed by atoms with Crippen molar-refractivity contribution in [3.63, 3.8) is 0 Å². The van der Waals surface area contributed by atoms with Crippen LogP contribution in [0.3, 0.4) is 0 Å². The van der Waals surface area contributed by atoms with Crippen LogP contribution in [0.1, 0.15) is 17.9 Å². The summed E-state index contributed by atoms with van der Waals surface area (Å²) >= 11 is 1.52. The van der Waals surface area contributed by atoms with Crippen molar-refractivity contribution in [3.05, 3.63) is 76.5 Å². The summed E-state index contributed by atoms with van der Waals surface area (Å²) in [6.45, 7) is 0.654. The van der Waals surface area contributed by atoms with Crippen molar-refractivity contribution in [1.82, 2.24) is 19.7 Å². The molecule has 0 atom stereocenters. The summed E-state index contributed by atoms with van der Waals surface area (Å²) < 4.78 is 7.45. The van der Waals surface area contributed by atoms with Gasteiger partial charge in [0.15, 0.2) is 0 Å². The fourth-order valence-corrected chi connectivity index (χ4v) is 3.55. The molecule has 132 valence electrons. The number of rotatable bonds is 7. The molecule has 6 nitrogen and oxygen atoms in total. The fourth-order valence-electron chi connectivity index (χ4n) is 2.85. The van der Waals surface area contributed by atoms with Gasteiger partial charge in [-0.15, -0.1) is 10.2 Å². The van der Waals surface area contributed by atoms with E-state index in [1.54, 1.807) is 4.57 Å². The maximum absolute atomic E-state index is 12.0. The molecule has 0 spiro atoms. The summed E-state index contributed by atoms with van der Waals surface area (Å²) in [5, 5.41) is 8.75. The standard InChI is InChI=1S/C19H18N4O2S/c24-18-20-15-9-4-5-10-16(15)23(18)11-6-12-26-19-22-21-17(25-19)13-14-7-2-1-3-8-14/h1-5,7-10H,6,11-13H2,(H,20,24). The van der Waals surface area contributed by atoms with Gasteiger partial charge in [0, 0.05) is 12.3 Å². The predicted octanol–water partition coefficient (Wildman–Crippen LogP) is 3.49. The van der Waals surface area contributed by atoms with Gasteiger partial charge in [-0.3, -0.25) is 4.57 Å². The molecule has 0 unspecified atom stereocenters. The van der Waals surface area contributed by atoms with Crippen molar-refractivity contribution in [1.29, 1.82) is 0 Å². The molecule has 2 aromatic heterocycles. The van der Waals surface area contributed by atoms with Crippen LogP contribution in [0.25, 0.3) is 11.0 Å². The first-order valence-electron chi connectivity index (χ1n) is 8.46. The lowest BCUT2D eigenvalue weighted by Gasteiger charge is -2.02. The minimum atomic E-state index is -0.0702.